The van der Waals surface area contributed by atoms with Crippen LogP contribution in [0.25, 0.3) is 0 Å². The standard InChI is InChI=1S/C22H25NO4/c1-3-27-21-10-8-16(12-15(21)2)19(24)9-11-22(26)23-13-17-6-4-5-7-18(17)20(25)14-23/h4-8,10,12,20,25H,3,9,11,13-14H2,1-2H3. The van der Waals surface area contributed by atoms with E-state index < -0.39 is 6.10 Å². The van der Waals surface area contributed by atoms with Crippen molar-refractivity contribution in [2.75, 3.05) is 13.2 Å². The molecule has 0 radical (unpaired) electrons. The number of aliphatic hydroxyl groups is 1. The summed E-state index contributed by atoms with van der Waals surface area (Å²) in [6.45, 7) is 5.14. The molecule has 0 saturated carbocycles. The van der Waals surface area contributed by atoms with E-state index in [-0.39, 0.29) is 31.1 Å². The van der Waals surface area contributed by atoms with Crippen LogP contribution in [0.2, 0.25) is 0 Å². The van der Waals surface area contributed by atoms with Crippen LogP contribution in [-0.2, 0) is 11.3 Å². The monoisotopic (exact) mass is 367 g/mol. The van der Waals surface area contributed by atoms with Crippen molar-refractivity contribution in [3.05, 3.63) is 64.7 Å². The van der Waals surface area contributed by atoms with Gasteiger partial charge in [-0.3, -0.25) is 9.59 Å². The molecule has 2 aromatic rings. The summed E-state index contributed by atoms with van der Waals surface area (Å²) in [4.78, 5) is 26.6. The molecule has 142 valence electrons. The zero-order chi connectivity index (χ0) is 19.4. The van der Waals surface area contributed by atoms with Crippen molar-refractivity contribution in [3.8, 4) is 5.75 Å². The molecule has 27 heavy (non-hydrogen) atoms. The topological polar surface area (TPSA) is 66.8 Å². The number of Topliss-reactive ketones (excluding diaryl/α,β-unsaturated/α-hetero) is 1. The second-order valence-electron chi connectivity index (χ2n) is 6.83. The smallest absolute Gasteiger partial charge is 0.223 e. The lowest BCUT2D eigenvalue weighted by atomic mass is 9.97. The minimum absolute atomic E-state index is 0.0625. The molecule has 0 aromatic heterocycles. The van der Waals surface area contributed by atoms with Gasteiger partial charge in [-0.05, 0) is 48.7 Å². The molecular weight excluding hydrogens is 342 g/mol. The summed E-state index contributed by atoms with van der Waals surface area (Å²) in [5.41, 5.74) is 3.33. The number of ether oxygens (including phenoxy) is 1. The highest BCUT2D eigenvalue weighted by Crippen LogP contribution is 2.27. The van der Waals surface area contributed by atoms with Crippen LogP contribution in [0.1, 0.15) is 52.9 Å². The summed E-state index contributed by atoms with van der Waals surface area (Å²) in [6.07, 6.45) is -0.385. The molecule has 3 rings (SSSR count). The number of nitrogens with zero attached hydrogens (tertiary/aromatic N) is 1. The quantitative estimate of drug-likeness (QED) is 0.795. The summed E-state index contributed by atoms with van der Waals surface area (Å²) >= 11 is 0. The van der Waals surface area contributed by atoms with Gasteiger partial charge in [0, 0.05) is 24.9 Å². The van der Waals surface area contributed by atoms with Crippen LogP contribution in [-0.4, -0.2) is 34.8 Å². The van der Waals surface area contributed by atoms with Crippen LogP contribution in [0, 0.1) is 6.92 Å². The number of β-amino-alcohol motifs (C(OH)–C–C–N with tert-alkyl or cyclic N) is 1. The van der Waals surface area contributed by atoms with E-state index >= 15 is 0 Å². The van der Waals surface area contributed by atoms with Crippen molar-refractivity contribution in [2.24, 2.45) is 0 Å². The normalized spacial score (nSPS) is 16.0. The van der Waals surface area contributed by atoms with E-state index in [0.29, 0.717) is 18.7 Å². The number of hydrogen-bond donors (Lipinski definition) is 1. The van der Waals surface area contributed by atoms with Crippen molar-refractivity contribution in [1.29, 1.82) is 0 Å². The van der Waals surface area contributed by atoms with Gasteiger partial charge in [0.15, 0.2) is 5.78 Å². The molecule has 0 spiro atoms. The molecular formula is C22H25NO4. The Morgan fingerprint density at radius 3 is 2.70 bits per heavy atom. The number of amides is 1. The van der Waals surface area contributed by atoms with Crippen LogP contribution in [0.3, 0.4) is 0 Å². The molecule has 0 bridgehead atoms. The number of ketones is 1. The molecule has 0 fully saturated rings. The van der Waals surface area contributed by atoms with Gasteiger partial charge in [-0.25, -0.2) is 0 Å². The van der Waals surface area contributed by atoms with Gasteiger partial charge < -0.3 is 14.7 Å². The first kappa shape index (κ1) is 19.1. The number of fused-ring (bicyclic) bond motifs is 1. The predicted octanol–water partition coefficient (Wildman–Crippen LogP) is 3.43. The highest BCUT2D eigenvalue weighted by atomic mass is 16.5. The molecule has 1 aliphatic heterocycles. The number of rotatable bonds is 6. The highest BCUT2D eigenvalue weighted by Gasteiger charge is 2.26. The van der Waals surface area contributed by atoms with Crippen LogP contribution in [0.5, 0.6) is 5.75 Å². The second-order valence-corrected chi connectivity index (χ2v) is 6.83. The molecule has 1 heterocycles. The van der Waals surface area contributed by atoms with Gasteiger partial charge in [-0.15, -0.1) is 0 Å². The summed E-state index contributed by atoms with van der Waals surface area (Å²) in [6, 6.07) is 12.9. The lowest BCUT2D eigenvalue weighted by Crippen LogP contribution is -2.38. The van der Waals surface area contributed by atoms with Crippen molar-refractivity contribution >= 4 is 11.7 Å². The van der Waals surface area contributed by atoms with Crippen LogP contribution in [0.4, 0.5) is 0 Å². The molecule has 2 aromatic carbocycles. The average Bonchev–Trinajstić information content (AvgIpc) is 2.67. The van der Waals surface area contributed by atoms with E-state index in [1.165, 1.54) is 0 Å². The molecule has 1 atom stereocenters. The van der Waals surface area contributed by atoms with Gasteiger partial charge in [0.25, 0.3) is 0 Å². The maximum atomic E-state index is 12.5. The van der Waals surface area contributed by atoms with E-state index in [4.69, 9.17) is 4.74 Å². The first-order valence-corrected chi connectivity index (χ1v) is 9.30. The van der Waals surface area contributed by atoms with Gasteiger partial charge in [0.1, 0.15) is 5.75 Å². The zero-order valence-corrected chi connectivity index (χ0v) is 15.8. The lowest BCUT2D eigenvalue weighted by Gasteiger charge is -2.32. The Bertz CT molecular complexity index is 846. The maximum Gasteiger partial charge on any atom is 0.223 e. The van der Waals surface area contributed by atoms with Gasteiger partial charge in [-0.1, -0.05) is 24.3 Å². The Morgan fingerprint density at radius 2 is 1.96 bits per heavy atom. The Morgan fingerprint density at radius 1 is 1.19 bits per heavy atom. The Kier molecular flexibility index (Phi) is 5.91. The second kappa shape index (κ2) is 8.35. The van der Waals surface area contributed by atoms with E-state index in [2.05, 4.69) is 0 Å². The van der Waals surface area contributed by atoms with E-state index in [9.17, 15) is 14.7 Å². The highest BCUT2D eigenvalue weighted by molar-refractivity contribution is 5.98. The largest absolute Gasteiger partial charge is 0.494 e. The maximum absolute atomic E-state index is 12.5. The third-order valence-electron chi connectivity index (χ3n) is 4.88. The van der Waals surface area contributed by atoms with Gasteiger partial charge in [-0.2, -0.15) is 0 Å². The van der Waals surface area contributed by atoms with Crippen molar-refractivity contribution in [1.82, 2.24) is 4.90 Å². The summed E-state index contributed by atoms with van der Waals surface area (Å²) in [5, 5.41) is 10.3. The molecule has 1 N–H and O–H groups in total. The Labute approximate surface area is 159 Å². The molecule has 0 saturated heterocycles. The Balaban J connectivity index is 1.59. The molecule has 5 heteroatoms. The number of aliphatic hydroxyl groups excluding tert-OH is 1. The predicted molar refractivity (Wildman–Crippen MR) is 103 cm³/mol. The molecule has 5 nitrogen and oxygen atoms in total. The summed E-state index contributed by atoms with van der Waals surface area (Å²) < 4.78 is 5.49. The number of aryl methyl sites for hydroxylation is 1. The molecule has 0 aliphatic carbocycles. The third-order valence-corrected chi connectivity index (χ3v) is 4.88. The average molecular weight is 367 g/mol. The van der Waals surface area contributed by atoms with Gasteiger partial charge in [0.05, 0.1) is 19.3 Å². The minimum Gasteiger partial charge on any atom is -0.494 e. The number of carbonyl (C=O) groups is 2. The molecule has 1 amide bonds. The van der Waals surface area contributed by atoms with Gasteiger partial charge in [0.2, 0.25) is 5.91 Å². The SMILES string of the molecule is CCOc1ccc(C(=O)CCC(=O)N2Cc3ccccc3C(O)C2)cc1C. The number of benzene rings is 2. The van der Waals surface area contributed by atoms with Crippen molar-refractivity contribution < 1.29 is 19.4 Å². The van der Waals surface area contributed by atoms with E-state index in [1.807, 2.05) is 38.1 Å². The van der Waals surface area contributed by atoms with E-state index in [1.54, 1.807) is 23.1 Å². The number of hydrogen-bond acceptors (Lipinski definition) is 4. The van der Waals surface area contributed by atoms with Gasteiger partial charge >= 0.3 is 0 Å². The first-order valence-electron chi connectivity index (χ1n) is 9.30. The van der Waals surface area contributed by atoms with E-state index in [0.717, 1.165) is 22.4 Å². The van der Waals surface area contributed by atoms with Crippen molar-refractivity contribution in [2.45, 2.75) is 39.3 Å². The van der Waals surface area contributed by atoms with Crippen molar-refractivity contribution in [3.63, 3.8) is 0 Å². The number of carbonyl (C=O) groups excluding carboxylic acids is 2. The molecule has 1 unspecified atom stereocenters. The third kappa shape index (κ3) is 4.37. The fourth-order valence-electron chi connectivity index (χ4n) is 3.43. The fraction of sp³-hybridized carbons (Fsp3) is 0.364. The minimum atomic E-state index is -0.677. The zero-order valence-electron chi connectivity index (χ0n) is 15.8. The van der Waals surface area contributed by atoms with Crippen LogP contribution >= 0.6 is 0 Å². The summed E-state index contributed by atoms with van der Waals surface area (Å²) in [5.74, 6) is 0.595. The first-order chi connectivity index (χ1) is 13.0. The lowest BCUT2D eigenvalue weighted by molar-refractivity contribution is -0.134. The fourth-order valence-corrected chi connectivity index (χ4v) is 3.43. The van der Waals surface area contributed by atoms with Crippen LogP contribution < -0.4 is 4.74 Å². The summed E-state index contributed by atoms with van der Waals surface area (Å²) in [7, 11) is 0. The van der Waals surface area contributed by atoms with Crippen LogP contribution in [0.15, 0.2) is 42.5 Å². The molecule has 1 aliphatic rings. The Hall–Kier alpha value is -2.66.